The van der Waals surface area contributed by atoms with Crippen LogP contribution in [-0.2, 0) is 21.9 Å². The first kappa shape index (κ1) is 26.6. The zero-order valence-corrected chi connectivity index (χ0v) is 21.0. The third kappa shape index (κ3) is 8.65. The predicted molar refractivity (Wildman–Crippen MR) is 135 cm³/mol. The summed E-state index contributed by atoms with van der Waals surface area (Å²) in [5.41, 5.74) is 2.06. The van der Waals surface area contributed by atoms with E-state index in [0.717, 1.165) is 35.5 Å². The number of nitrogens with one attached hydrogen (secondary N) is 1. The van der Waals surface area contributed by atoms with Gasteiger partial charge in [-0.3, -0.25) is 9.59 Å². The SMILES string of the molecule is CCCCNC(=O)[C@H](CC)N(Cc1cccc(OC)c1)C(=O)CSCc1ccc(OC)cc1. The van der Waals surface area contributed by atoms with Crippen molar-refractivity contribution in [1.29, 1.82) is 0 Å². The molecule has 2 aromatic rings. The fourth-order valence-electron chi connectivity index (χ4n) is 3.45. The predicted octanol–water partition coefficient (Wildman–Crippen LogP) is 4.66. The first-order valence-electron chi connectivity index (χ1n) is 11.4. The molecule has 7 heteroatoms. The molecule has 0 radical (unpaired) electrons. The van der Waals surface area contributed by atoms with Gasteiger partial charge in [-0.2, -0.15) is 0 Å². The molecule has 2 aromatic carbocycles. The molecule has 2 rings (SSSR count). The largest absolute Gasteiger partial charge is 0.497 e. The maximum atomic E-state index is 13.3. The molecule has 0 aliphatic carbocycles. The van der Waals surface area contributed by atoms with Gasteiger partial charge in [-0.25, -0.2) is 0 Å². The second-order valence-electron chi connectivity index (χ2n) is 7.78. The number of benzene rings is 2. The quantitative estimate of drug-likeness (QED) is 0.405. The van der Waals surface area contributed by atoms with Gasteiger partial charge >= 0.3 is 0 Å². The fraction of sp³-hybridized carbons (Fsp3) is 0.462. The Morgan fingerprint density at radius 2 is 1.73 bits per heavy atom. The molecule has 180 valence electrons. The first-order valence-corrected chi connectivity index (χ1v) is 12.6. The van der Waals surface area contributed by atoms with Gasteiger partial charge in [0.1, 0.15) is 17.5 Å². The zero-order valence-electron chi connectivity index (χ0n) is 20.1. The van der Waals surface area contributed by atoms with Crippen molar-refractivity contribution in [1.82, 2.24) is 10.2 Å². The third-order valence-electron chi connectivity index (χ3n) is 5.36. The third-order valence-corrected chi connectivity index (χ3v) is 6.34. The summed E-state index contributed by atoms with van der Waals surface area (Å²) in [6.45, 7) is 5.01. The molecule has 0 fully saturated rings. The zero-order chi connectivity index (χ0) is 24.1. The maximum Gasteiger partial charge on any atom is 0.242 e. The minimum absolute atomic E-state index is 0.0474. The summed E-state index contributed by atoms with van der Waals surface area (Å²) in [5, 5.41) is 2.99. The van der Waals surface area contributed by atoms with Crippen LogP contribution in [0.2, 0.25) is 0 Å². The van der Waals surface area contributed by atoms with E-state index in [1.165, 1.54) is 0 Å². The van der Waals surface area contributed by atoms with Crippen LogP contribution in [0.5, 0.6) is 11.5 Å². The minimum Gasteiger partial charge on any atom is -0.497 e. The van der Waals surface area contributed by atoms with Crippen LogP contribution in [0.15, 0.2) is 48.5 Å². The second-order valence-corrected chi connectivity index (χ2v) is 8.77. The Morgan fingerprint density at radius 3 is 2.36 bits per heavy atom. The van der Waals surface area contributed by atoms with Crippen molar-refractivity contribution in [3.05, 3.63) is 59.7 Å². The van der Waals surface area contributed by atoms with Gasteiger partial charge in [0.2, 0.25) is 11.8 Å². The van der Waals surface area contributed by atoms with Gasteiger partial charge in [0.15, 0.2) is 0 Å². The summed E-state index contributed by atoms with van der Waals surface area (Å²) in [7, 11) is 3.26. The van der Waals surface area contributed by atoms with E-state index in [1.807, 2.05) is 55.5 Å². The average Bonchev–Trinajstić information content (AvgIpc) is 2.84. The van der Waals surface area contributed by atoms with Gasteiger partial charge in [-0.15, -0.1) is 11.8 Å². The summed E-state index contributed by atoms with van der Waals surface area (Å²) in [5.74, 6) is 2.41. The lowest BCUT2D eigenvalue weighted by molar-refractivity contribution is -0.139. The molecule has 1 N–H and O–H groups in total. The summed E-state index contributed by atoms with van der Waals surface area (Å²) in [4.78, 5) is 27.9. The number of methoxy groups -OCH3 is 2. The molecular formula is C26H36N2O4S. The highest BCUT2D eigenvalue weighted by Crippen LogP contribution is 2.20. The highest BCUT2D eigenvalue weighted by atomic mass is 32.2. The highest BCUT2D eigenvalue weighted by Gasteiger charge is 2.28. The Labute approximate surface area is 202 Å². The Morgan fingerprint density at radius 1 is 1.00 bits per heavy atom. The van der Waals surface area contributed by atoms with Crippen LogP contribution in [0.3, 0.4) is 0 Å². The van der Waals surface area contributed by atoms with Crippen LogP contribution in [0.4, 0.5) is 0 Å². The average molecular weight is 473 g/mol. The van der Waals surface area contributed by atoms with Crippen molar-refractivity contribution in [2.75, 3.05) is 26.5 Å². The fourth-order valence-corrected chi connectivity index (χ4v) is 4.32. The Balaban J connectivity index is 2.10. The Bertz CT molecular complexity index is 873. The summed E-state index contributed by atoms with van der Waals surface area (Å²) in [6, 6.07) is 15.0. The number of carbonyl (C=O) groups excluding carboxylic acids is 2. The molecule has 0 unspecified atom stereocenters. The summed E-state index contributed by atoms with van der Waals surface area (Å²) < 4.78 is 10.5. The van der Waals surface area contributed by atoms with Gasteiger partial charge in [0.25, 0.3) is 0 Å². The molecule has 0 saturated carbocycles. The van der Waals surface area contributed by atoms with E-state index >= 15 is 0 Å². The number of carbonyl (C=O) groups is 2. The van der Waals surface area contributed by atoms with E-state index < -0.39 is 6.04 Å². The van der Waals surface area contributed by atoms with E-state index in [-0.39, 0.29) is 11.8 Å². The van der Waals surface area contributed by atoms with Crippen molar-refractivity contribution in [3.8, 4) is 11.5 Å². The standard InChI is InChI=1S/C26H36N2O4S/c1-5-7-15-27-26(30)24(6-2)28(17-21-9-8-10-23(16-21)32-4)25(29)19-33-18-20-11-13-22(31-3)14-12-20/h8-14,16,24H,5-7,15,17-19H2,1-4H3,(H,27,30)/t24-/m0/s1. The lowest BCUT2D eigenvalue weighted by atomic mass is 10.1. The van der Waals surface area contributed by atoms with Crippen molar-refractivity contribution in [2.24, 2.45) is 0 Å². The number of hydrogen-bond donors (Lipinski definition) is 1. The van der Waals surface area contributed by atoms with Crippen molar-refractivity contribution >= 4 is 23.6 Å². The summed E-state index contributed by atoms with van der Waals surface area (Å²) >= 11 is 1.55. The van der Waals surface area contributed by atoms with E-state index in [0.29, 0.717) is 31.0 Å². The number of rotatable bonds is 14. The maximum absolute atomic E-state index is 13.3. The van der Waals surface area contributed by atoms with E-state index in [4.69, 9.17) is 9.47 Å². The number of hydrogen-bond acceptors (Lipinski definition) is 5. The van der Waals surface area contributed by atoms with E-state index in [1.54, 1.807) is 30.9 Å². The number of amides is 2. The lowest BCUT2D eigenvalue weighted by Gasteiger charge is -2.30. The topological polar surface area (TPSA) is 67.9 Å². The smallest absolute Gasteiger partial charge is 0.242 e. The highest BCUT2D eigenvalue weighted by molar-refractivity contribution is 7.99. The van der Waals surface area contributed by atoms with Crippen LogP contribution in [-0.4, -0.2) is 49.3 Å². The minimum atomic E-state index is -0.512. The monoisotopic (exact) mass is 472 g/mol. The van der Waals surface area contributed by atoms with Crippen LogP contribution in [0, 0.1) is 0 Å². The van der Waals surface area contributed by atoms with Gasteiger partial charge < -0.3 is 19.7 Å². The molecule has 1 atom stereocenters. The van der Waals surface area contributed by atoms with Crippen molar-refractivity contribution in [3.63, 3.8) is 0 Å². The molecule has 0 aliphatic heterocycles. The molecule has 0 heterocycles. The molecule has 33 heavy (non-hydrogen) atoms. The molecule has 0 aromatic heterocycles. The number of unbranched alkanes of at least 4 members (excludes halogenated alkanes) is 1. The number of ether oxygens (including phenoxy) is 2. The van der Waals surface area contributed by atoms with Crippen LogP contribution < -0.4 is 14.8 Å². The molecule has 0 aliphatic rings. The van der Waals surface area contributed by atoms with Gasteiger partial charge in [0.05, 0.1) is 20.0 Å². The van der Waals surface area contributed by atoms with Gasteiger partial charge in [-0.1, -0.05) is 44.5 Å². The molecule has 0 spiro atoms. The van der Waals surface area contributed by atoms with E-state index in [2.05, 4.69) is 12.2 Å². The molecule has 2 amide bonds. The molecular weight excluding hydrogens is 436 g/mol. The van der Waals surface area contributed by atoms with Crippen molar-refractivity contribution in [2.45, 2.75) is 51.4 Å². The molecule has 6 nitrogen and oxygen atoms in total. The van der Waals surface area contributed by atoms with Gasteiger partial charge in [0, 0.05) is 18.8 Å². The normalized spacial score (nSPS) is 11.5. The van der Waals surface area contributed by atoms with E-state index in [9.17, 15) is 9.59 Å². The number of nitrogens with zero attached hydrogens (tertiary/aromatic N) is 1. The molecule has 0 bridgehead atoms. The summed E-state index contributed by atoms with van der Waals surface area (Å²) in [6.07, 6.45) is 2.48. The van der Waals surface area contributed by atoms with Gasteiger partial charge in [-0.05, 0) is 48.2 Å². The van der Waals surface area contributed by atoms with Crippen molar-refractivity contribution < 1.29 is 19.1 Å². The van der Waals surface area contributed by atoms with Crippen LogP contribution >= 0.6 is 11.8 Å². The lowest BCUT2D eigenvalue weighted by Crippen LogP contribution is -2.49. The second kappa shape index (κ2) is 14.5. The Kier molecular flexibility index (Phi) is 11.7. The van der Waals surface area contributed by atoms with Crippen LogP contribution in [0.25, 0.3) is 0 Å². The Hall–Kier alpha value is -2.67. The number of thioether (sulfide) groups is 1. The first-order chi connectivity index (χ1) is 16.0. The van der Waals surface area contributed by atoms with Crippen LogP contribution in [0.1, 0.15) is 44.2 Å². The molecule has 0 saturated heterocycles.